The molecule has 1 aliphatic rings. The highest BCUT2D eigenvalue weighted by atomic mass is 16.3. The van der Waals surface area contributed by atoms with Gasteiger partial charge in [0.1, 0.15) is 16.7 Å². The normalized spacial score (nSPS) is 13.0. The van der Waals surface area contributed by atoms with Gasteiger partial charge >= 0.3 is 0 Å². The van der Waals surface area contributed by atoms with Crippen LogP contribution in [-0.2, 0) is 5.41 Å². The third-order valence-electron chi connectivity index (χ3n) is 12.2. The highest BCUT2D eigenvalue weighted by Crippen LogP contribution is 2.60. The molecule has 0 radical (unpaired) electrons. The largest absolute Gasteiger partial charge is 0.456 e. The summed E-state index contributed by atoms with van der Waals surface area (Å²) in [5.41, 5.74) is 15.8. The van der Waals surface area contributed by atoms with E-state index < -0.39 is 5.41 Å². The van der Waals surface area contributed by atoms with Gasteiger partial charge < -0.3 is 13.7 Å². The first kappa shape index (κ1) is 32.6. The molecule has 11 aromatic rings. The zero-order valence-electron chi connectivity index (χ0n) is 31.5. The third-order valence-corrected chi connectivity index (χ3v) is 12.2. The Morgan fingerprint density at radius 1 is 0.362 bits per heavy atom. The van der Waals surface area contributed by atoms with Crippen molar-refractivity contribution in [1.29, 1.82) is 0 Å². The number of nitrogens with zero attached hydrogens (tertiary/aromatic N) is 1. The van der Waals surface area contributed by atoms with Crippen LogP contribution in [-0.4, -0.2) is 0 Å². The molecule has 3 heteroatoms. The molecule has 2 heterocycles. The number of hydrogen-bond donors (Lipinski definition) is 0. The first-order chi connectivity index (χ1) is 28.8. The van der Waals surface area contributed by atoms with Gasteiger partial charge in [0.2, 0.25) is 0 Å². The number of anilines is 3. The lowest BCUT2D eigenvalue weighted by Gasteiger charge is -2.34. The van der Waals surface area contributed by atoms with Crippen molar-refractivity contribution < 1.29 is 8.83 Å². The van der Waals surface area contributed by atoms with Crippen LogP contribution in [0.15, 0.2) is 221 Å². The molecule has 0 aliphatic heterocycles. The Kier molecular flexibility index (Phi) is 7.14. The molecule has 1 aliphatic carbocycles. The van der Waals surface area contributed by atoms with Crippen molar-refractivity contribution in [2.24, 2.45) is 0 Å². The Morgan fingerprint density at radius 2 is 0.914 bits per heavy atom. The molecule has 272 valence electrons. The summed E-state index contributed by atoms with van der Waals surface area (Å²) in [5, 5.41) is 4.44. The van der Waals surface area contributed by atoms with E-state index in [0.717, 1.165) is 72.1 Å². The molecule has 0 saturated carbocycles. The molecule has 12 rings (SSSR count). The van der Waals surface area contributed by atoms with E-state index in [-0.39, 0.29) is 0 Å². The van der Waals surface area contributed by atoms with Crippen molar-refractivity contribution in [3.05, 3.63) is 235 Å². The molecular weight excluding hydrogens is 707 g/mol. The van der Waals surface area contributed by atoms with Gasteiger partial charge in [-0.3, -0.25) is 0 Å². The fourth-order valence-corrected chi connectivity index (χ4v) is 9.78. The predicted molar refractivity (Wildman–Crippen MR) is 238 cm³/mol. The second-order valence-corrected chi connectivity index (χ2v) is 15.1. The minimum atomic E-state index is -0.530. The summed E-state index contributed by atoms with van der Waals surface area (Å²) in [6.45, 7) is 0. The lowest BCUT2D eigenvalue weighted by molar-refractivity contribution is 0.668. The molecule has 0 unspecified atom stereocenters. The Labute approximate surface area is 335 Å². The predicted octanol–water partition coefficient (Wildman–Crippen LogP) is 15.0. The third kappa shape index (κ3) is 4.62. The minimum Gasteiger partial charge on any atom is -0.456 e. The van der Waals surface area contributed by atoms with E-state index in [9.17, 15) is 0 Å². The fourth-order valence-electron chi connectivity index (χ4n) is 9.78. The smallest absolute Gasteiger partial charge is 0.159 e. The summed E-state index contributed by atoms with van der Waals surface area (Å²) >= 11 is 0. The monoisotopic (exact) mass is 741 g/mol. The van der Waals surface area contributed by atoms with E-state index in [1.807, 2.05) is 18.2 Å². The summed E-state index contributed by atoms with van der Waals surface area (Å²) in [6, 6.07) is 76.2. The van der Waals surface area contributed by atoms with Crippen LogP contribution in [0.5, 0.6) is 0 Å². The average molecular weight is 742 g/mol. The first-order valence-corrected chi connectivity index (χ1v) is 19.8. The molecule has 0 amide bonds. The maximum atomic E-state index is 6.80. The van der Waals surface area contributed by atoms with Crippen molar-refractivity contribution in [3.63, 3.8) is 0 Å². The van der Waals surface area contributed by atoms with Gasteiger partial charge in [0.15, 0.2) is 5.58 Å². The summed E-state index contributed by atoms with van der Waals surface area (Å²) in [7, 11) is 0. The molecule has 0 saturated heterocycles. The van der Waals surface area contributed by atoms with Gasteiger partial charge in [-0.05, 0) is 81.4 Å². The van der Waals surface area contributed by atoms with E-state index in [4.69, 9.17) is 8.83 Å². The second-order valence-electron chi connectivity index (χ2n) is 15.1. The maximum absolute atomic E-state index is 6.80. The zero-order chi connectivity index (χ0) is 38.2. The van der Waals surface area contributed by atoms with Gasteiger partial charge in [-0.1, -0.05) is 170 Å². The van der Waals surface area contributed by atoms with E-state index in [1.54, 1.807) is 0 Å². The molecule has 0 bridgehead atoms. The molecular formula is C55H35NO2. The molecule has 0 N–H and O–H groups in total. The van der Waals surface area contributed by atoms with E-state index in [1.165, 1.54) is 33.4 Å². The molecule has 0 atom stereocenters. The standard InChI is InChI=1S/C55H35NO2/c1-3-16-37(17-4-1)55(38-18-5-2-6-19-38)45-25-10-7-21-43(45)53-46(55)26-15-27-47(53)56(48-28-13-24-42-41-20-8-11-29-49(41)58-54(42)48)39-34-32-36(33-35-39)40-23-14-31-51-52(40)44-22-9-12-30-50(44)57-51/h1-35H. The Bertz CT molecular complexity index is 3300. The Morgan fingerprint density at radius 3 is 1.69 bits per heavy atom. The van der Waals surface area contributed by atoms with Gasteiger partial charge in [-0.25, -0.2) is 0 Å². The van der Waals surface area contributed by atoms with Gasteiger partial charge in [-0.15, -0.1) is 0 Å². The molecule has 3 nitrogen and oxygen atoms in total. The minimum absolute atomic E-state index is 0.530. The van der Waals surface area contributed by atoms with Gasteiger partial charge in [0.05, 0.1) is 16.8 Å². The first-order valence-electron chi connectivity index (χ1n) is 19.8. The summed E-state index contributed by atoms with van der Waals surface area (Å²) in [6.07, 6.45) is 0. The van der Waals surface area contributed by atoms with Crippen LogP contribution >= 0.6 is 0 Å². The van der Waals surface area contributed by atoms with Crippen LogP contribution < -0.4 is 4.90 Å². The van der Waals surface area contributed by atoms with E-state index >= 15 is 0 Å². The van der Waals surface area contributed by atoms with Crippen molar-refractivity contribution in [2.75, 3.05) is 4.90 Å². The van der Waals surface area contributed by atoms with Crippen LogP contribution in [0.4, 0.5) is 17.1 Å². The number of benzene rings is 9. The summed E-state index contributed by atoms with van der Waals surface area (Å²) in [4.78, 5) is 2.41. The fraction of sp³-hybridized carbons (Fsp3) is 0.0182. The molecule has 58 heavy (non-hydrogen) atoms. The van der Waals surface area contributed by atoms with Crippen molar-refractivity contribution in [3.8, 4) is 22.3 Å². The van der Waals surface area contributed by atoms with Crippen molar-refractivity contribution >= 4 is 60.9 Å². The zero-order valence-corrected chi connectivity index (χ0v) is 31.5. The lowest BCUT2D eigenvalue weighted by Crippen LogP contribution is -2.28. The summed E-state index contributed by atoms with van der Waals surface area (Å²) in [5.74, 6) is 0. The number of rotatable bonds is 6. The van der Waals surface area contributed by atoms with Crippen LogP contribution in [0.25, 0.3) is 66.1 Å². The quantitative estimate of drug-likeness (QED) is 0.170. The van der Waals surface area contributed by atoms with Crippen molar-refractivity contribution in [2.45, 2.75) is 5.41 Å². The molecule has 2 aromatic heterocycles. The highest BCUT2D eigenvalue weighted by molar-refractivity contribution is 6.13. The maximum Gasteiger partial charge on any atom is 0.159 e. The van der Waals surface area contributed by atoms with Crippen LogP contribution in [0.3, 0.4) is 0 Å². The van der Waals surface area contributed by atoms with Gasteiger partial charge in [0, 0.05) is 32.8 Å². The molecule has 0 spiro atoms. The lowest BCUT2D eigenvalue weighted by atomic mass is 9.68. The van der Waals surface area contributed by atoms with Crippen LogP contribution in [0, 0.1) is 0 Å². The molecule has 0 fully saturated rings. The highest BCUT2D eigenvalue weighted by Gasteiger charge is 2.47. The number of furan rings is 2. The topological polar surface area (TPSA) is 29.5 Å². The van der Waals surface area contributed by atoms with Crippen LogP contribution in [0.1, 0.15) is 22.3 Å². The molecule has 9 aromatic carbocycles. The number of hydrogen-bond acceptors (Lipinski definition) is 3. The summed E-state index contributed by atoms with van der Waals surface area (Å²) < 4.78 is 13.1. The SMILES string of the molecule is c1ccc(C2(c3ccccc3)c3ccccc3-c3c(N(c4ccc(-c5cccc6oc7ccccc7c56)cc4)c4cccc5c4oc4ccccc45)cccc32)cc1. The number of para-hydroxylation sites is 3. The van der Waals surface area contributed by atoms with Crippen LogP contribution in [0.2, 0.25) is 0 Å². The van der Waals surface area contributed by atoms with Gasteiger partial charge in [-0.2, -0.15) is 0 Å². The van der Waals surface area contributed by atoms with E-state index in [2.05, 4.69) is 199 Å². The number of fused-ring (bicyclic) bond motifs is 9. The van der Waals surface area contributed by atoms with E-state index in [0.29, 0.717) is 0 Å². The second kappa shape index (κ2) is 12.7. The van der Waals surface area contributed by atoms with Gasteiger partial charge in [0.25, 0.3) is 0 Å². The van der Waals surface area contributed by atoms with Crippen molar-refractivity contribution in [1.82, 2.24) is 0 Å². The Balaban J connectivity index is 1.13. The average Bonchev–Trinajstić information content (AvgIpc) is 3.97. The Hall–Kier alpha value is -7.62.